The molecule has 1 aromatic heterocycles. The van der Waals surface area contributed by atoms with Crippen molar-refractivity contribution in [2.75, 3.05) is 25.2 Å². The lowest BCUT2D eigenvalue weighted by Gasteiger charge is -2.19. The molecule has 5 heteroatoms. The normalized spacial score (nSPS) is 12.7. The van der Waals surface area contributed by atoms with Crippen molar-refractivity contribution in [1.29, 1.82) is 0 Å². The number of methoxy groups -OCH3 is 1. The first-order chi connectivity index (χ1) is 8.74. The Morgan fingerprint density at radius 2 is 2.22 bits per heavy atom. The third-order valence-electron chi connectivity index (χ3n) is 2.77. The molecule has 0 spiro atoms. The van der Waals surface area contributed by atoms with Crippen LogP contribution in [0.1, 0.15) is 38.4 Å². The molecule has 0 fully saturated rings. The Bertz CT molecular complexity index is 341. The smallest absolute Gasteiger partial charge is 0.161 e. The zero-order valence-electron chi connectivity index (χ0n) is 11.9. The van der Waals surface area contributed by atoms with Crippen LogP contribution in [0.5, 0.6) is 5.75 Å². The minimum Gasteiger partial charge on any atom is -0.493 e. The van der Waals surface area contributed by atoms with Crippen LogP contribution in [0.2, 0.25) is 0 Å². The molecule has 18 heavy (non-hydrogen) atoms. The molecule has 0 aliphatic heterocycles. The maximum absolute atomic E-state index is 5.40. The van der Waals surface area contributed by atoms with Gasteiger partial charge in [0.05, 0.1) is 25.0 Å². The summed E-state index contributed by atoms with van der Waals surface area (Å²) in [5.41, 5.74) is 1.15. The van der Waals surface area contributed by atoms with Gasteiger partial charge in [-0.05, 0) is 25.1 Å². The second kappa shape index (κ2) is 8.43. The zero-order valence-corrected chi connectivity index (χ0v) is 12.7. The summed E-state index contributed by atoms with van der Waals surface area (Å²) in [5, 5.41) is 7.87. The van der Waals surface area contributed by atoms with Crippen molar-refractivity contribution in [3.63, 3.8) is 0 Å². The van der Waals surface area contributed by atoms with Gasteiger partial charge >= 0.3 is 0 Å². The molecule has 0 radical (unpaired) electrons. The van der Waals surface area contributed by atoms with Crippen LogP contribution in [0.25, 0.3) is 0 Å². The van der Waals surface area contributed by atoms with Gasteiger partial charge in [-0.15, -0.1) is 0 Å². The van der Waals surface area contributed by atoms with E-state index in [2.05, 4.69) is 24.3 Å². The second-order valence-electron chi connectivity index (χ2n) is 4.30. The van der Waals surface area contributed by atoms with Crippen LogP contribution in [0.15, 0.2) is 6.20 Å². The van der Waals surface area contributed by atoms with Crippen LogP contribution < -0.4 is 10.1 Å². The fraction of sp³-hybridized carbons (Fsp3) is 0.769. The number of thioether (sulfide) groups is 1. The van der Waals surface area contributed by atoms with E-state index in [-0.39, 0.29) is 0 Å². The Hall–Kier alpha value is -0.680. The van der Waals surface area contributed by atoms with Gasteiger partial charge in [-0.3, -0.25) is 4.68 Å². The Labute approximate surface area is 114 Å². The molecule has 1 N–H and O–H groups in total. The number of hydrogen-bond donors (Lipinski definition) is 1. The van der Waals surface area contributed by atoms with Crippen LogP contribution in [-0.4, -0.2) is 34.9 Å². The summed E-state index contributed by atoms with van der Waals surface area (Å²) in [6.45, 7) is 5.42. The summed E-state index contributed by atoms with van der Waals surface area (Å²) in [5.74, 6) is 3.14. The van der Waals surface area contributed by atoms with Gasteiger partial charge in [0.2, 0.25) is 0 Å². The second-order valence-corrected chi connectivity index (χ2v) is 5.45. The largest absolute Gasteiger partial charge is 0.493 e. The first kappa shape index (κ1) is 15.4. The highest BCUT2D eigenvalue weighted by molar-refractivity contribution is 7.99. The predicted octanol–water partition coefficient (Wildman–Crippen LogP) is 2.61. The molecule has 104 valence electrons. The molecule has 0 amide bonds. The molecular weight excluding hydrogens is 246 g/mol. The van der Waals surface area contributed by atoms with E-state index in [4.69, 9.17) is 4.74 Å². The monoisotopic (exact) mass is 271 g/mol. The van der Waals surface area contributed by atoms with Gasteiger partial charge in [-0.25, -0.2) is 0 Å². The van der Waals surface area contributed by atoms with Crippen molar-refractivity contribution in [1.82, 2.24) is 15.1 Å². The van der Waals surface area contributed by atoms with Gasteiger partial charge in [0.25, 0.3) is 0 Å². The lowest BCUT2D eigenvalue weighted by atomic mass is 10.2. The molecule has 0 saturated heterocycles. The van der Waals surface area contributed by atoms with Gasteiger partial charge in [0.1, 0.15) is 0 Å². The highest BCUT2D eigenvalue weighted by Crippen LogP contribution is 2.27. The lowest BCUT2D eigenvalue weighted by molar-refractivity contribution is 0.398. The van der Waals surface area contributed by atoms with Crippen molar-refractivity contribution in [2.24, 2.45) is 7.05 Å². The van der Waals surface area contributed by atoms with E-state index < -0.39 is 0 Å². The third-order valence-corrected chi connectivity index (χ3v) is 4.04. The van der Waals surface area contributed by atoms with Gasteiger partial charge in [-0.2, -0.15) is 16.9 Å². The molecule has 1 atom stereocenters. The van der Waals surface area contributed by atoms with Crippen molar-refractivity contribution in [2.45, 2.75) is 32.7 Å². The number of aromatic nitrogens is 2. The minimum absolute atomic E-state index is 0.309. The van der Waals surface area contributed by atoms with Crippen molar-refractivity contribution < 1.29 is 4.74 Å². The summed E-state index contributed by atoms with van der Waals surface area (Å²) in [7, 11) is 3.68. The van der Waals surface area contributed by atoms with Crippen LogP contribution >= 0.6 is 11.8 Å². The lowest BCUT2D eigenvalue weighted by Crippen LogP contribution is -2.26. The summed E-state index contributed by atoms with van der Waals surface area (Å²) in [4.78, 5) is 0. The van der Waals surface area contributed by atoms with Crippen molar-refractivity contribution >= 4 is 11.8 Å². The van der Waals surface area contributed by atoms with E-state index in [1.54, 1.807) is 13.3 Å². The molecular formula is C13H25N3OS. The highest BCUT2D eigenvalue weighted by Gasteiger charge is 2.19. The molecule has 0 bridgehead atoms. The first-order valence-corrected chi connectivity index (χ1v) is 7.77. The number of ether oxygens (including phenoxy) is 1. The van der Waals surface area contributed by atoms with Crippen LogP contribution in [0.3, 0.4) is 0 Å². The van der Waals surface area contributed by atoms with E-state index >= 15 is 0 Å². The molecule has 1 aromatic rings. The molecule has 1 heterocycles. The fourth-order valence-corrected chi connectivity index (χ4v) is 2.85. The standard InChI is InChI=1S/C13H25N3OS/c1-5-7-14-11(10-18-8-6-2)13-12(17-4)9-15-16(13)3/h9,11,14H,5-8,10H2,1-4H3. The predicted molar refractivity (Wildman–Crippen MR) is 78.4 cm³/mol. The quantitative estimate of drug-likeness (QED) is 0.701. The Kier molecular flexibility index (Phi) is 7.20. The average molecular weight is 271 g/mol. The number of nitrogens with one attached hydrogen (secondary N) is 1. The average Bonchev–Trinajstić information content (AvgIpc) is 2.75. The molecule has 0 saturated carbocycles. The molecule has 4 nitrogen and oxygen atoms in total. The van der Waals surface area contributed by atoms with E-state index in [1.165, 1.54) is 12.2 Å². The SMILES string of the molecule is CCCNC(CSCCC)c1c(OC)cnn1C. The molecule has 0 aliphatic carbocycles. The van der Waals surface area contributed by atoms with Gasteiger partial charge in [-0.1, -0.05) is 13.8 Å². The summed E-state index contributed by atoms with van der Waals surface area (Å²) in [6, 6.07) is 0.309. The topological polar surface area (TPSA) is 39.1 Å². The van der Waals surface area contributed by atoms with Gasteiger partial charge < -0.3 is 10.1 Å². The zero-order chi connectivity index (χ0) is 13.4. The van der Waals surface area contributed by atoms with Gasteiger partial charge in [0.15, 0.2) is 5.75 Å². The summed E-state index contributed by atoms with van der Waals surface area (Å²) < 4.78 is 7.32. The molecule has 1 unspecified atom stereocenters. The molecule has 0 aliphatic rings. The minimum atomic E-state index is 0.309. The number of hydrogen-bond acceptors (Lipinski definition) is 4. The Balaban J connectivity index is 2.75. The first-order valence-electron chi connectivity index (χ1n) is 6.61. The fourth-order valence-electron chi connectivity index (χ4n) is 1.88. The van der Waals surface area contributed by atoms with Crippen LogP contribution in [0.4, 0.5) is 0 Å². The maximum atomic E-state index is 5.40. The Morgan fingerprint density at radius 1 is 1.44 bits per heavy atom. The van der Waals surface area contributed by atoms with Gasteiger partial charge in [0, 0.05) is 12.8 Å². The van der Waals surface area contributed by atoms with E-state index in [9.17, 15) is 0 Å². The van der Waals surface area contributed by atoms with Crippen molar-refractivity contribution in [3.05, 3.63) is 11.9 Å². The molecule has 0 aromatic carbocycles. The van der Waals surface area contributed by atoms with Crippen LogP contribution in [-0.2, 0) is 7.05 Å². The number of nitrogens with zero attached hydrogens (tertiary/aromatic N) is 2. The van der Waals surface area contributed by atoms with E-state index in [0.29, 0.717) is 6.04 Å². The van der Waals surface area contributed by atoms with Crippen molar-refractivity contribution in [3.8, 4) is 5.75 Å². The highest BCUT2D eigenvalue weighted by atomic mass is 32.2. The molecule has 1 rings (SSSR count). The Morgan fingerprint density at radius 3 is 2.83 bits per heavy atom. The van der Waals surface area contributed by atoms with E-state index in [1.807, 2.05) is 23.5 Å². The number of aryl methyl sites for hydroxylation is 1. The van der Waals surface area contributed by atoms with E-state index in [0.717, 1.165) is 30.2 Å². The summed E-state index contributed by atoms with van der Waals surface area (Å²) >= 11 is 1.98. The van der Waals surface area contributed by atoms with Crippen LogP contribution in [0, 0.1) is 0 Å². The number of rotatable bonds is 9. The maximum Gasteiger partial charge on any atom is 0.161 e. The third kappa shape index (κ3) is 4.21. The summed E-state index contributed by atoms with van der Waals surface area (Å²) in [6.07, 6.45) is 4.14.